The first-order chi connectivity index (χ1) is 9.15. The van der Waals surface area contributed by atoms with Gasteiger partial charge >= 0.3 is 0 Å². The summed E-state index contributed by atoms with van der Waals surface area (Å²) in [4.78, 5) is 11.5. The Labute approximate surface area is 108 Å². The minimum absolute atomic E-state index is 0.0414. The molecule has 6 heteroatoms. The lowest BCUT2D eigenvalue weighted by Gasteiger charge is -2.06. The number of carbonyl (C=O) groups is 1. The molecule has 0 aliphatic rings. The highest BCUT2D eigenvalue weighted by Gasteiger charge is 2.06. The predicted octanol–water partition coefficient (Wildman–Crippen LogP) is 2.29. The van der Waals surface area contributed by atoms with Gasteiger partial charge in [-0.15, -0.1) is 0 Å². The molecule has 1 aromatic heterocycles. The number of benzene rings is 1. The number of rotatable bonds is 5. The quantitative estimate of drug-likeness (QED) is 0.873. The number of halogens is 2. The van der Waals surface area contributed by atoms with Crippen molar-refractivity contribution < 1.29 is 18.0 Å². The molecule has 0 aliphatic carbocycles. The van der Waals surface area contributed by atoms with Crippen molar-refractivity contribution in [3.63, 3.8) is 0 Å². The van der Waals surface area contributed by atoms with E-state index in [2.05, 4.69) is 10.6 Å². The Bertz CT molecular complexity index is 556. The van der Waals surface area contributed by atoms with E-state index in [1.807, 2.05) is 0 Å². The highest BCUT2D eigenvalue weighted by molar-refractivity contribution is 5.92. The van der Waals surface area contributed by atoms with Crippen LogP contribution in [0, 0.1) is 11.6 Å². The molecule has 0 atom stereocenters. The standard InChI is InChI=1S/C13H12F2N2O2/c14-11-4-3-9(6-12(11)15)17-13(18)8-16-7-10-2-1-5-19-10/h1-6,16H,7-8H2,(H,17,18). The van der Waals surface area contributed by atoms with E-state index in [9.17, 15) is 13.6 Å². The smallest absolute Gasteiger partial charge is 0.238 e. The third-order valence-electron chi connectivity index (χ3n) is 2.37. The zero-order chi connectivity index (χ0) is 13.7. The zero-order valence-corrected chi connectivity index (χ0v) is 9.95. The largest absolute Gasteiger partial charge is 0.468 e. The molecule has 2 rings (SSSR count). The summed E-state index contributed by atoms with van der Waals surface area (Å²) >= 11 is 0. The minimum atomic E-state index is -0.999. The van der Waals surface area contributed by atoms with Crippen molar-refractivity contribution in [1.29, 1.82) is 0 Å². The normalized spacial score (nSPS) is 10.4. The molecule has 0 saturated heterocycles. The van der Waals surface area contributed by atoms with Crippen LogP contribution in [0.15, 0.2) is 41.0 Å². The first-order valence-electron chi connectivity index (χ1n) is 5.63. The molecule has 0 saturated carbocycles. The van der Waals surface area contributed by atoms with E-state index in [0.717, 1.165) is 12.1 Å². The lowest BCUT2D eigenvalue weighted by molar-refractivity contribution is -0.115. The van der Waals surface area contributed by atoms with Gasteiger partial charge < -0.3 is 15.1 Å². The molecule has 0 radical (unpaired) electrons. The molecule has 19 heavy (non-hydrogen) atoms. The van der Waals surface area contributed by atoms with Crippen molar-refractivity contribution in [3.05, 3.63) is 54.0 Å². The van der Waals surface area contributed by atoms with E-state index in [0.29, 0.717) is 12.3 Å². The monoisotopic (exact) mass is 266 g/mol. The Hall–Kier alpha value is -2.21. The van der Waals surface area contributed by atoms with Crippen LogP contribution in [0.4, 0.5) is 14.5 Å². The zero-order valence-electron chi connectivity index (χ0n) is 9.95. The maximum Gasteiger partial charge on any atom is 0.238 e. The lowest BCUT2D eigenvalue weighted by Crippen LogP contribution is -2.27. The predicted molar refractivity (Wildman–Crippen MR) is 65.4 cm³/mol. The van der Waals surface area contributed by atoms with Crippen molar-refractivity contribution in [3.8, 4) is 0 Å². The van der Waals surface area contributed by atoms with Crippen molar-refractivity contribution in [2.75, 3.05) is 11.9 Å². The number of amides is 1. The fourth-order valence-corrected chi connectivity index (χ4v) is 1.49. The highest BCUT2D eigenvalue weighted by atomic mass is 19.2. The molecule has 2 N–H and O–H groups in total. The Balaban J connectivity index is 1.79. The summed E-state index contributed by atoms with van der Waals surface area (Å²) in [6.07, 6.45) is 1.54. The molecule has 4 nitrogen and oxygen atoms in total. The van der Waals surface area contributed by atoms with Crippen molar-refractivity contribution in [1.82, 2.24) is 5.32 Å². The molecule has 0 bridgehead atoms. The van der Waals surface area contributed by atoms with Crippen LogP contribution < -0.4 is 10.6 Å². The Morgan fingerprint density at radius 1 is 1.21 bits per heavy atom. The molecule has 1 heterocycles. The third kappa shape index (κ3) is 3.89. The average Bonchev–Trinajstić information content (AvgIpc) is 2.87. The van der Waals surface area contributed by atoms with Crippen molar-refractivity contribution in [2.24, 2.45) is 0 Å². The average molecular weight is 266 g/mol. The van der Waals surface area contributed by atoms with Gasteiger partial charge in [0.1, 0.15) is 5.76 Å². The topological polar surface area (TPSA) is 54.3 Å². The fourth-order valence-electron chi connectivity index (χ4n) is 1.49. The maximum atomic E-state index is 12.9. The summed E-state index contributed by atoms with van der Waals surface area (Å²) in [5.41, 5.74) is 0.212. The van der Waals surface area contributed by atoms with Crippen LogP contribution >= 0.6 is 0 Å². The minimum Gasteiger partial charge on any atom is -0.468 e. The van der Waals surface area contributed by atoms with Gasteiger partial charge in [-0.1, -0.05) is 0 Å². The van der Waals surface area contributed by atoms with E-state index in [-0.39, 0.29) is 18.1 Å². The number of hydrogen-bond acceptors (Lipinski definition) is 3. The number of carbonyl (C=O) groups excluding carboxylic acids is 1. The van der Waals surface area contributed by atoms with Crippen LogP contribution in [0.25, 0.3) is 0 Å². The summed E-state index contributed by atoms with van der Waals surface area (Å²) in [7, 11) is 0. The van der Waals surface area contributed by atoms with Gasteiger partial charge in [-0.3, -0.25) is 4.79 Å². The van der Waals surface area contributed by atoms with Gasteiger partial charge in [-0.2, -0.15) is 0 Å². The van der Waals surface area contributed by atoms with Gasteiger partial charge in [-0.25, -0.2) is 8.78 Å². The van der Waals surface area contributed by atoms with Crippen LogP contribution in [0.1, 0.15) is 5.76 Å². The van der Waals surface area contributed by atoms with Gasteiger partial charge in [0.25, 0.3) is 0 Å². The summed E-state index contributed by atoms with van der Waals surface area (Å²) in [6.45, 7) is 0.456. The maximum absolute atomic E-state index is 12.9. The van der Waals surface area contributed by atoms with E-state index >= 15 is 0 Å². The van der Waals surface area contributed by atoms with Gasteiger partial charge in [0.15, 0.2) is 11.6 Å². The van der Waals surface area contributed by atoms with Gasteiger partial charge in [0, 0.05) is 11.8 Å². The number of nitrogens with one attached hydrogen (secondary N) is 2. The molecule has 0 aliphatic heterocycles. The molecule has 1 aromatic carbocycles. The number of hydrogen-bond donors (Lipinski definition) is 2. The summed E-state index contributed by atoms with van der Waals surface area (Å²) in [6, 6.07) is 6.71. The molecule has 0 unspecified atom stereocenters. The number of anilines is 1. The summed E-state index contributed by atoms with van der Waals surface area (Å²) in [5, 5.41) is 5.31. The second-order valence-electron chi connectivity index (χ2n) is 3.86. The molecule has 0 spiro atoms. The van der Waals surface area contributed by atoms with Crippen molar-refractivity contribution >= 4 is 11.6 Å². The molecule has 100 valence electrons. The Morgan fingerprint density at radius 2 is 2.05 bits per heavy atom. The highest BCUT2D eigenvalue weighted by Crippen LogP contribution is 2.12. The fraction of sp³-hybridized carbons (Fsp3) is 0.154. The van der Waals surface area contributed by atoms with Crippen molar-refractivity contribution in [2.45, 2.75) is 6.54 Å². The van der Waals surface area contributed by atoms with Crippen LogP contribution in [0.3, 0.4) is 0 Å². The van der Waals surface area contributed by atoms with Gasteiger partial charge in [0.2, 0.25) is 5.91 Å². The molecular weight excluding hydrogens is 254 g/mol. The SMILES string of the molecule is O=C(CNCc1ccco1)Nc1ccc(F)c(F)c1. The molecule has 0 fully saturated rings. The first-order valence-corrected chi connectivity index (χ1v) is 5.63. The van der Waals surface area contributed by atoms with Crippen LogP contribution in [-0.4, -0.2) is 12.5 Å². The molecular formula is C13H12F2N2O2. The number of furan rings is 1. The second kappa shape index (κ2) is 6.10. The Morgan fingerprint density at radius 3 is 2.74 bits per heavy atom. The van der Waals surface area contributed by atoms with Crippen LogP contribution in [-0.2, 0) is 11.3 Å². The van der Waals surface area contributed by atoms with Crippen LogP contribution in [0.2, 0.25) is 0 Å². The summed E-state index contributed by atoms with van der Waals surface area (Å²) in [5.74, 6) is -1.59. The van der Waals surface area contributed by atoms with Crippen LogP contribution in [0.5, 0.6) is 0 Å². The third-order valence-corrected chi connectivity index (χ3v) is 2.37. The lowest BCUT2D eigenvalue weighted by atomic mass is 10.3. The van der Waals surface area contributed by atoms with E-state index in [1.165, 1.54) is 6.07 Å². The molecule has 1 amide bonds. The second-order valence-corrected chi connectivity index (χ2v) is 3.86. The molecule has 2 aromatic rings. The van der Waals surface area contributed by atoms with E-state index < -0.39 is 11.6 Å². The van der Waals surface area contributed by atoms with Gasteiger partial charge in [0.05, 0.1) is 19.4 Å². The Kier molecular flexibility index (Phi) is 4.25. The summed E-state index contributed by atoms with van der Waals surface area (Å²) < 4.78 is 30.7. The van der Waals surface area contributed by atoms with E-state index in [4.69, 9.17) is 4.42 Å². The first kappa shape index (κ1) is 13.2. The van der Waals surface area contributed by atoms with E-state index in [1.54, 1.807) is 18.4 Å². The van der Waals surface area contributed by atoms with Gasteiger partial charge in [-0.05, 0) is 24.3 Å².